The van der Waals surface area contributed by atoms with E-state index in [1.165, 1.54) is 47.6 Å². The van der Waals surface area contributed by atoms with Crippen LogP contribution in [0.15, 0.2) is 0 Å². The Hall–Kier alpha value is -3.40. The number of rotatable bonds is 10. The highest BCUT2D eigenvalue weighted by Gasteiger charge is 2.40. The van der Waals surface area contributed by atoms with Gasteiger partial charge < -0.3 is 9.47 Å². The van der Waals surface area contributed by atoms with Crippen LogP contribution in [0.4, 0.5) is 0 Å². The van der Waals surface area contributed by atoms with Crippen molar-refractivity contribution in [1.82, 2.24) is 0 Å². The minimum absolute atomic E-state index is 0.00301. The Morgan fingerprint density at radius 1 is 0.315 bits per heavy atom. The summed E-state index contributed by atoms with van der Waals surface area (Å²) in [5.74, 6) is 1.47. The SMILES string of the molecule is COC(=O)c1c(C(=O)OC)c(C(C)C)c2c(c1C(C)C)Cc1c(c(C(C)C)c3c(c1C(C)C)Cc1c(c(C(C)C)c(C(C)C)c(C(C)C)c1C(C)C)C3)C2. The minimum Gasteiger partial charge on any atom is -0.465 e. The number of fused-ring (bicyclic) bond motifs is 4. The molecule has 5 rings (SSSR count). The molecule has 2 aliphatic carbocycles. The molecule has 3 aromatic carbocycles. The Balaban J connectivity index is 1.97. The quantitative estimate of drug-likeness (QED) is 0.134. The zero-order valence-electron chi connectivity index (χ0n) is 37.1. The van der Waals surface area contributed by atoms with Crippen LogP contribution in [0, 0.1) is 0 Å². The minimum atomic E-state index is -0.465. The maximum absolute atomic E-state index is 13.8. The summed E-state index contributed by atoms with van der Waals surface area (Å²) in [6.07, 6.45) is 3.42. The molecule has 0 unspecified atom stereocenters. The molecule has 0 atom stereocenters. The summed E-state index contributed by atoms with van der Waals surface area (Å²) < 4.78 is 10.9. The standard InChI is InChI=1S/C50H70O4/c1-23(2)39-31-19-35-36(42(26(7)8)46(30(15)16)45(29(13)14)41(35)25(5)6)20-32(31)40(24(3)4)34-22-38-37(21-33(34)39)43(27(9)10)47(49(51)53-17)48(50(52)54-18)44(38)28(11)12/h23-30H,19-22H2,1-18H3. The molecule has 0 spiro atoms. The molecule has 0 N–H and O–H groups in total. The van der Waals surface area contributed by atoms with Gasteiger partial charge in [0.15, 0.2) is 0 Å². The Morgan fingerprint density at radius 3 is 0.685 bits per heavy atom. The second-order valence-corrected chi connectivity index (χ2v) is 18.8. The topological polar surface area (TPSA) is 52.6 Å². The molecule has 0 amide bonds. The number of benzene rings is 3. The highest BCUT2D eigenvalue weighted by molar-refractivity contribution is 6.06. The second-order valence-electron chi connectivity index (χ2n) is 18.8. The zero-order chi connectivity index (χ0) is 40.4. The van der Waals surface area contributed by atoms with E-state index in [0.717, 1.165) is 36.8 Å². The Morgan fingerprint density at radius 2 is 0.500 bits per heavy atom. The van der Waals surface area contributed by atoms with E-state index in [-0.39, 0.29) is 11.8 Å². The van der Waals surface area contributed by atoms with Crippen LogP contribution in [0.2, 0.25) is 0 Å². The van der Waals surface area contributed by atoms with Crippen molar-refractivity contribution in [2.45, 2.75) is 184 Å². The summed E-state index contributed by atoms with van der Waals surface area (Å²) in [5.41, 5.74) is 23.5. The van der Waals surface area contributed by atoms with E-state index in [2.05, 4.69) is 111 Å². The van der Waals surface area contributed by atoms with Gasteiger partial charge in [-0.3, -0.25) is 0 Å². The highest BCUT2D eigenvalue weighted by atomic mass is 16.5. The molecule has 4 nitrogen and oxygen atoms in total. The van der Waals surface area contributed by atoms with Crippen LogP contribution < -0.4 is 0 Å². The largest absolute Gasteiger partial charge is 0.465 e. The van der Waals surface area contributed by atoms with Gasteiger partial charge in [-0.1, -0.05) is 111 Å². The van der Waals surface area contributed by atoms with Crippen molar-refractivity contribution < 1.29 is 19.1 Å². The first kappa shape index (κ1) is 41.8. The van der Waals surface area contributed by atoms with Crippen molar-refractivity contribution in [2.75, 3.05) is 14.2 Å². The fourth-order valence-corrected chi connectivity index (χ4v) is 11.0. The van der Waals surface area contributed by atoms with Crippen molar-refractivity contribution in [3.05, 3.63) is 100 Å². The molecule has 0 bridgehead atoms. The van der Waals surface area contributed by atoms with E-state index >= 15 is 0 Å². The molecule has 3 aromatic rings. The van der Waals surface area contributed by atoms with Gasteiger partial charge in [0.05, 0.1) is 25.3 Å². The molecule has 0 radical (unpaired) electrons. The van der Waals surface area contributed by atoms with E-state index in [4.69, 9.17) is 9.47 Å². The van der Waals surface area contributed by atoms with Crippen LogP contribution in [0.5, 0.6) is 0 Å². The molecular weight excluding hydrogens is 665 g/mol. The van der Waals surface area contributed by atoms with Crippen molar-refractivity contribution >= 4 is 11.9 Å². The summed E-state index contributed by atoms with van der Waals surface area (Å²) in [4.78, 5) is 27.6. The lowest BCUT2D eigenvalue weighted by atomic mass is 9.64. The molecule has 0 aromatic heterocycles. The highest BCUT2D eigenvalue weighted by Crippen LogP contribution is 2.52. The van der Waals surface area contributed by atoms with E-state index < -0.39 is 11.9 Å². The summed E-state index contributed by atoms with van der Waals surface area (Å²) in [6, 6.07) is 0. The van der Waals surface area contributed by atoms with Gasteiger partial charge in [-0.2, -0.15) is 0 Å². The van der Waals surface area contributed by atoms with Crippen LogP contribution in [-0.2, 0) is 35.2 Å². The second kappa shape index (κ2) is 15.6. The number of methoxy groups -OCH3 is 2. The van der Waals surface area contributed by atoms with Gasteiger partial charge in [0.1, 0.15) is 0 Å². The van der Waals surface area contributed by atoms with Crippen LogP contribution in [0.1, 0.15) is 268 Å². The molecule has 2 aliphatic rings. The van der Waals surface area contributed by atoms with Gasteiger partial charge in [-0.15, -0.1) is 0 Å². The number of hydrogen-bond donors (Lipinski definition) is 0. The van der Waals surface area contributed by atoms with E-state index in [1.54, 1.807) is 44.5 Å². The molecule has 0 fully saturated rings. The van der Waals surface area contributed by atoms with Gasteiger partial charge in [0.2, 0.25) is 0 Å². The van der Waals surface area contributed by atoms with Crippen LogP contribution >= 0.6 is 0 Å². The van der Waals surface area contributed by atoms with Gasteiger partial charge in [0.25, 0.3) is 0 Å². The Bertz CT molecular complexity index is 1840. The number of hydrogen-bond acceptors (Lipinski definition) is 4. The monoisotopic (exact) mass is 735 g/mol. The summed E-state index contributed by atoms with van der Waals surface area (Å²) in [6.45, 7) is 37.3. The van der Waals surface area contributed by atoms with Crippen molar-refractivity contribution in [3.63, 3.8) is 0 Å². The van der Waals surface area contributed by atoms with E-state index in [9.17, 15) is 9.59 Å². The lowest BCUT2D eigenvalue weighted by Crippen LogP contribution is -2.28. The first-order valence-electron chi connectivity index (χ1n) is 21.0. The lowest BCUT2D eigenvalue weighted by Gasteiger charge is -2.40. The van der Waals surface area contributed by atoms with Crippen LogP contribution in [0.3, 0.4) is 0 Å². The summed E-state index contributed by atoms with van der Waals surface area (Å²) in [7, 11) is 2.83. The number of ether oxygens (including phenoxy) is 2. The van der Waals surface area contributed by atoms with E-state index in [0.29, 0.717) is 46.6 Å². The molecule has 0 heterocycles. The summed E-state index contributed by atoms with van der Waals surface area (Å²) in [5, 5.41) is 0. The molecule has 0 saturated carbocycles. The smallest absolute Gasteiger partial charge is 0.339 e. The lowest BCUT2D eigenvalue weighted by molar-refractivity contribution is 0.0552. The molecule has 0 aliphatic heterocycles. The first-order valence-corrected chi connectivity index (χ1v) is 21.0. The average Bonchev–Trinajstić information content (AvgIpc) is 3.08. The maximum atomic E-state index is 13.8. The van der Waals surface area contributed by atoms with Crippen molar-refractivity contribution in [2.24, 2.45) is 0 Å². The van der Waals surface area contributed by atoms with Gasteiger partial charge in [0, 0.05) is 0 Å². The third kappa shape index (κ3) is 6.66. The van der Waals surface area contributed by atoms with Gasteiger partial charge >= 0.3 is 11.9 Å². The molecule has 0 saturated heterocycles. The zero-order valence-corrected chi connectivity index (χ0v) is 37.1. The third-order valence-electron chi connectivity index (χ3n) is 12.5. The van der Waals surface area contributed by atoms with Gasteiger partial charge in [-0.25, -0.2) is 9.59 Å². The molecule has 4 heteroatoms. The predicted molar refractivity (Wildman–Crippen MR) is 226 cm³/mol. The summed E-state index contributed by atoms with van der Waals surface area (Å²) >= 11 is 0. The van der Waals surface area contributed by atoms with Crippen molar-refractivity contribution in [1.29, 1.82) is 0 Å². The fraction of sp³-hybridized carbons (Fsp3) is 0.600. The number of carbonyl (C=O) groups excluding carboxylic acids is 2. The first-order chi connectivity index (χ1) is 25.2. The maximum Gasteiger partial charge on any atom is 0.339 e. The third-order valence-corrected chi connectivity index (χ3v) is 12.5. The fourth-order valence-electron chi connectivity index (χ4n) is 11.0. The molecular formula is C50H70O4. The van der Waals surface area contributed by atoms with Crippen molar-refractivity contribution in [3.8, 4) is 0 Å². The number of esters is 2. The number of carbonyl (C=O) groups is 2. The Kier molecular flexibility index (Phi) is 12.1. The Labute approximate surface area is 328 Å². The van der Waals surface area contributed by atoms with E-state index in [1.807, 2.05) is 0 Å². The van der Waals surface area contributed by atoms with Gasteiger partial charge in [-0.05, 0) is 162 Å². The molecule has 54 heavy (non-hydrogen) atoms. The average molecular weight is 735 g/mol. The predicted octanol–water partition coefficient (Wildman–Crippen LogP) is 13.2. The van der Waals surface area contributed by atoms with Crippen LogP contribution in [0.25, 0.3) is 0 Å². The van der Waals surface area contributed by atoms with Crippen LogP contribution in [-0.4, -0.2) is 26.2 Å². The normalized spacial score (nSPS) is 13.8. The molecule has 294 valence electrons.